The molecule has 9 rings (SSSR count). The summed E-state index contributed by atoms with van der Waals surface area (Å²) in [5, 5.41) is 47.8. The molecular weight excluding hydrogens is 956 g/mol. The fraction of sp³-hybridized carbons (Fsp3) is 0.0755. The third kappa shape index (κ3) is 8.73. The Balaban J connectivity index is 0.963. The van der Waals surface area contributed by atoms with E-state index in [1.165, 1.54) is 66.9 Å². The summed E-state index contributed by atoms with van der Waals surface area (Å²) in [7, 11) is 3.74. The highest BCUT2D eigenvalue weighted by Gasteiger charge is 2.31. The lowest BCUT2D eigenvalue weighted by atomic mass is 9.88. The quantitative estimate of drug-likeness (QED) is 0.0641. The zero-order valence-electron chi connectivity index (χ0n) is 37.2. The van der Waals surface area contributed by atoms with E-state index >= 15 is 0 Å². The first-order valence-corrected chi connectivity index (χ1v) is 22.1. The second kappa shape index (κ2) is 18.5. The maximum atomic E-state index is 13.7. The molecule has 71 heavy (non-hydrogen) atoms. The van der Waals surface area contributed by atoms with Gasteiger partial charge in [-0.25, -0.2) is 14.4 Å². The van der Waals surface area contributed by atoms with Crippen molar-refractivity contribution in [1.82, 2.24) is 15.6 Å². The number of amides is 2. The van der Waals surface area contributed by atoms with Crippen molar-refractivity contribution < 1.29 is 53.6 Å². The van der Waals surface area contributed by atoms with Crippen molar-refractivity contribution in [1.29, 1.82) is 0 Å². The van der Waals surface area contributed by atoms with Crippen LogP contribution < -0.4 is 36.1 Å². The van der Waals surface area contributed by atoms with Crippen LogP contribution in [0.3, 0.4) is 0 Å². The van der Waals surface area contributed by atoms with E-state index in [2.05, 4.69) is 22.2 Å². The number of halogens is 2. The molecule has 1 aliphatic carbocycles. The number of nitrogens with one attached hydrogen (secondary N) is 2. The minimum Gasteiger partial charge on any atom is -0.507 e. The maximum absolute atomic E-state index is 13.7. The summed E-state index contributed by atoms with van der Waals surface area (Å²) in [5.74, 6) is -5.02. The van der Waals surface area contributed by atoms with Gasteiger partial charge in [-0.3, -0.25) is 19.4 Å². The molecule has 0 spiro atoms. The monoisotopic (exact) mass is 990 g/mol. The van der Waals surface area contributed by atoms with Gasteiger partial charge in [-0.2, -0.15) is 0 Å². The van der Waals surface area contributed by atoms with Gasteiger partial charge in [0, 0.05) is 83.1 Å². The number of pyridine rings is 1. The van der Waals surface area contributed by atoms with Crippen molar-refractivity contribution in [2.45, 2.75) is 13.1 Å². The number of carboxylic acid groups (broad SMARTS) is 3. The van der Waals surface area contributed by atoms with Gasteiger partial charge in [0.15, 0.2) is 5.43 Å². The standard InChI is InChI=1S/C53H36Cl2N4O12/c1-24-4-9-31-40(16-24)70-41-18-27(59(2)3)7-11-32(41)44(31)45-37(54)20-35(47(55)46(45)53(68)69)49(62)57-22-25-5-14-38(56-21-25)50(63)58-23-36-39(61)15-13-33-43(30-12-8-28(60)19-42(30)71-48(33)36)29-10-6-26(51(64)65)17-34(29)52(66)67/h4-21,61H,1,22-23H2,2-3H3,(H,57,62)(H,58,63)(H,64,65)(H,66,67)(H,68,69). The number of aromatic carboxylic acids is 3. The van der Waals surface area contributed by atoms with Gasteiger partial charge in [0.2, 0.25) is 0 Å². The number of aromatic nitrogens is 1. The van der Waals surface area contributed by atoms with Crippen LogP contribution in [0.25, 0.3) is 45.6 Å². The Morgan fingerprint density at radius 2 is 1.46 bits per heavy atom. The van der Waals surface area contributed by atoms with E-state index in [0.717, 1.165) is 11.8 Å². The van der Waals surface area contributed by atoms with Crippen molar-refractivity contribution in [3.8, 4) is 39.7 Å². The number of nitrogens with zero attached hydrogens (tertiary/aromatic N) is 2. The summed E-state index contributed by atoms with van der Waals surface area (Å²) >= 11 is 13.7. The molecule has 0 radical (unpaired) electrons. The number of carboxylic acids is 3. The van der Waals surface area contributed by atoms with Gasteiger partial charge >= 0.3 is 17.9 Å². The lowest BCUT2D eigenvalue weighted by molar-refractivity contribution is 0.0682. The highest BCUT2D eigenvalue weighted by Crippen LogP contribution is 2.45. The first kappa shape index (κ1) is 47.1. The van der Waals surface area contributed by atoms with E-state index in [4.69, 9.17) is 32.4 Å². The molecule has 0 bridgehead atoms. The second-order valence-corrected chi connectivity index (χ2v) is 17.3. The Morgan fingerprint density at radius 3 is 2.17 bits per heavy atom. The minimum absolute atomic E-state index is 0.00663. The van der Waals surface area contributed by atoms with Crippen LogP contribution in [0.15, 0.2) is 119 Å². The number of carbonyl (C=O) groups excluding carboxylic acids is 2. The Kier molecular flexibility index (Phi) is 12.3. The minimum atomic E-state index is -1.43. The van der Waals surface area contributed by atoms with E-state index < -0.39 is 40.7 Å². The largest absolute Gasteiger partial charge is 0.507 e. The average Bonchev–Trinajstić information content (AvgIpc) is 3.33. The molecule has 16 nitrogen and oxygen atoms in total. The van der Waals surface area contributed by atoms with E-state index in [9.17, 15) is 49.2 Å². The number of rotatable bonds is 12. The van der Waals surface area contributed by atoms with Crippen LogP contribution in [0.4, 0.5) is 5.69 Å². The number of anilines is 1. The van der Waals surface area contributed by atoms with Gasteiger partial charge in [0.05, 0.1) is 44.4 Å². The predicted octanol–water partition coefficient (Wildman–Crippen LogP) is 7.76. The van der Waals surface area contributed by atoms with Crippen molar-refractivity contribution >= 4 is 81.7 Å². The smallest absolute Gasteiger partial charge is 0.337 e. The van der Waals surface area contributed by atoms with E-state index in [1.54, 1.807) is 24.3 Å². The van der Waals surface area contributed by atoms with Gasteiger partial charge in [-0.15, -0.1) is 0 Å². The molecule has 6 N–H and O–H groups in total. The molecule has 6 aromatic rings. The van der Waals surface area contributed by atoms with Crippen molar-refractivity contribution in [2.75, 3.05) is 19.0 Å². The van der Waals surface area contributed by atoms with Crippen LogP contribution in [0.1, 0.15) is 74.2 Å². The molecule has 18 heteroatoms. The second-order valence-electron chi connectivity index (χ2n) is 16.5. The molecule has 3 heterocycles. The van der Waals surface area contributed by atoms with Gasteiger partial charge < -0.3 is 45.1 Å². The normalized spacial score (nSPS) is 11.6. The Labute approximate surface area is 411 Å². The van der Waals surface area contributed by atoms with Gasteiger partial charge in [0.1, 0.15) is 34.3 Å². The molecule has 2 amide bonds. The molecule has 0 unspecified atom stereocenters. The first-order chi connectivity index (χ1) is 33.9. The molecule has 1 aromatic heterocycles. The number of hydrogen-bond acceptors (Lipinski definition) is 11. The third-order valence-electron chi connectivity index (χ3n) is 11.9. The number of benzene rings is 6. The van der Waals surface area contributed by atoms with E-state index in [-0.39, 0.29) is 90.3 Å². The zero-order chi connectivity index (χ0) is 50.6. The van der Waals surface area contributed by atoms with Crippen LogP contribution in [0.2, 0.25) is 10.0 Å². The molecule has 0 saturated heterocycles. The Morgan fingerprint density at radius 1 is 0.718 bits per heavy atom. The van der Waals surface area contributed by atoms with Crippen LogP contribution in [-0.4, -0.2) is 69.2 Å². The lowest BCUT2D eigenvalue weighted by Gasteiger charge is -2.25. The highest BCUT2D eigenvalue weighted by atomic mass is 35.5. The molecule has 5 aromatic carbocycles. The van der Waals surface area contributed by atoms with E-state index in [1.807, 2.05) is 31.1 Å². The molecule has 0 fully saturated rings. The maximum Gasteiger partial charge on any atom is 0.337 e. The zero-order valence-corrected chi connectivity index (χ0v) is 38.7. The Hall–Kier alpha value is -8.99. The summed E-state index contributed by atoms with van der Waals surface area (Å²) in [6.07, 6.45) is 1.34. The molecule has 2 aliphatic heterocycles. The molecule has 0 saturated carbocycles. The third-order valence-corrected chi connectivity index (χ3v) is 12.5. The SMILES string of the molecule is C=c1ccc2c(c1)Oc1cc(N(C)C)ccc1C=2c1c(Cl)cc(C(=O)NCc2ccc(C(=O)NCc3c(O)ccc4c(-c5ccc(C(=O)O)cc5C(=O)O)c5ccc(=O)cc-5oc34)nc2)c(Cl)c1C(=O)O. The summed E-state index contributed by atoms with van der Waals surface area (Å²) in [6.45, 7) is 3.54. The van der Waals surface area contributed by atoms with Gasteiger partial charge in [0.25, 0.3) is 11.8 Å². The summed E-state index contributed by atoms with van der Waals surface area (Å²) < 4.78 is 12.4. The fourth-order valence-electron chi connectivity index (χ4n) is 8.42. The number of phenols is 1. The molecular formula is C53H36Cl2N4O12. The number of aromatic hydroxyl groups is 1. The van der Waals surface area contributed by atoms with Crippen LogP contribution in [0, 0.1) is 0 Å². The summed E-state index contributed by atoms with van der Waals surface area (Å²) in [4.78, 5) is 83.0. The van der Waals surface area contributed by atoms with Crippen molar-refractivity contribution in [2.24, 2.45) is 0 Å². The van der Waals surface area contributed by atoms with Crippen LogP contribution in [0.5, 0.6) is 17.2 Å². The van der Waals surface area contributed by atoms with Crippen LogP contribution >= 0.6 is 23.2 Å². The van der Waals surface area contributed by atoms with Crippen LogP contribution in [-0.2, 0) is 13.1 Å². The fourth-order valence-corrected chi connectivity index (χ4v) is 9.03. The number of ether oxygens (including phenoxy) is 1. The van der Waals surface area contributed by atoms with Gasteiger partial charge in [-0.1, -0.05) is 54.0 Å². The predicted molar refractivity (Wildman–Crippen MR) is 264 cm³/mol. The number of fused-ring (bicyclic) bond motifs is 4. The lowest BCUT2D eigenvalue weighted by Crippen LogP contribution is -2.26. The molecule has 3 aliphatic rings. The topological polar surface area (TPSA) is 246 Å². The number of hydrogen-bond donors (Lipinski definition) is 6. The van der Waals surface area contributed by atoms with Gasteiger partial charge in [-0.05, 0) is 83.1 Å². The summed E-state index contributed by atoms with van der Waals surface area (Å²) in [5.41, 5.74) is 1.42. The van der Waals surface area contributed by atoms with Crippen molar-refractivity contribution in [3.05, 3.63) is 190 Å². The average molecular weight is 992 g/mol. The summed E-state index contributed by atoms with van der Waals surface area (Å²) in [6, 6.07) is 25.2. The molecule has 0 atom stereocenters. The Bertz CT molecular complexity index is 3780. The first-order valence-electron chi connectivity index (χ1n) is 21.3. The highest BCUT2D eigenvalue weighted by molar-refractivity contribution is 6.40. The number of phenolic OH excluding ortho intramolecular Hbond substituents is 1. The number of carbonyl (C=O) groups is 5. The van der Waals surface area contributed by atoms with E-state index in [0.29, 0.717) is 44.2 Å². The van der Waals surface area contributed by atoms with Crippen molar-refractivity contribution in [3.63, 3.8) is 0 Å². The molecule has 354 valence electrons.